The van der Waals surface area contributed by atoms with Crippen LogP contribution in [0.1, 0.15) is 20.3 Å². The Hall–Kier alpha value is -1.63. The summed E-state index contributed by atoms with van der Waals surface area (Å²) in [5.74, 6) is -4.18. The van der Waals surface area contributed by atoms with Crippen molar-refractivity contribution in [2.45, 2.75) is 32.4 Å². The second kappa shape index (κ2) is 6.69. The van der Waals surface area contributed by atoms with Crippen LogP contribution in [-0.2, 0) is 23.9 Å². The van der Waals surface area contributed by atoms with Crippen LogP contribution >= 0.6 is 0 Å². The maximum atomic E-state index is 11.9. The standard InChI is InChI=1S/C13H21NO6/c1-6(2)5-7-8(12(17)19-3)9(13(18)20-4)10(14-7)11(15)16/h6-10,14H,5H2,1-4H3,(H,15,16)/t7?,8-,9-,10+/m1/s1. The Labute approximate surface area is 117 Å². The number of carboxylic acids is 1. The van der Waals surface area contributed by atoms with Crippen molar-refractivity contribution < 1.29 is 29.0 Å². The van der Waals surface area contributed by atoms with Gasteiger partial charge in [0.2, 0.25) is 0 Å². The molecule has 1 heterocycles. The molecule has 7 nitrogen and oxygen atoms in total. The van der Waals surface area contributed by atoms with Crippen LogP contribution in [0.3, 0.4) is 0 Å². The van der Waals surface area contributed by atoms with Gasteiger partial charge in [0.15, 0.2) is 0 Å². The molecule has 7 heteroatoms. The summed E-state index contributed by atoms with van der Waals surface area (Å²) in [6.07, 6.45) is 0.567. The van der Waals surface area contributed by atoms with Gasteiger partial charge in [-0.25, -0.2) is 0 Å². The van der Waals surface area contributed by atoms with E-state index in [0.29, 0.717) is 6.42 Å². The molecule has 1 unspecified atom stereocenters. The topological polar surface area (TPSA) is 102 Å². The molecule has 1 fully saturated rings. The predicted octanol–water partition coefficient (Wildman–Crippen LogP) is 0.0359. The van der Waals surface area contributed by atoms with Gasteiger partial charge in [-0.1, -0.05) is 13.8 Å². The number of methoxy groups -OCH3 is 2. The van der Waals surface area contributed by atoms with E-state index in [2.05, 4.69) is 10.1 Å². The van der Waals surface area contributed by atoms with E-state index in [9.17, 15) is 19.5 Å². The molecule has 4 atom stereocenters. The molecule has 0 radical (unpaired) electrons. The van der Waals surface area contributed by atoms with Gasteiger partial charge in [0, 0.05) is 6.04 Å². The molecule has 0 aromatic rings. The van der Waals surface area contributed by atoms with Crippen LogP contribution in [0.2, 0.25) is 0 Å². The molecule has 0 spiro atoms. The quantitative estimate of drug-likeness (QED) is 0.688. The minimum atomic E-state index is -1.18. The Morgan fingerprint density at radius 3 is 2.00 bits per heavy atom. The highest BCUT2D eigenvalue weighted by atomic mass is 16.5. The number of hydrogen-bond donors (Lipinski definition) is 2. The number of aliphatic carboxylic acids is 1. The molecule has 20 heavy (non-hydrogen) atoms. The first-order valence-electron chi connectivity index (χ1n) is 6.48. The van der Waals surface area contributed by atoms with Crippen molar-refractivity contribution >= 4 is 17.9 Å². The minimum Gasteiger partial charge on any atom is -0.480 e. The average Bonchev–Trinajstić information content (AvgIpc) is 2.75. The van der Waals surface area contributed by atoms with E-state index in [4.69, 9.17) is 4.74 Å². The fraction of sp³-hybridized carbons (Fsp3) is 0.769. The van der Waals surface area contributed by atoms with Gasteiger partial charge < -0.3 is 14.6 Å². The van der Waals surface area contributed by atoms with Crippen molar-refractivity contribution in [1.82, 2.24) is 5.32 Å². The molecular weight excluding hydrogens is 266 g/mol. The number of rotatable bonds is 5. The summed E-state index contributed by atoms with van der Waals surface area (Å²) in [4.78, 5) is 35.1. The zero-order chi connectivity index (χ0) is 15.4. The number of nitrogens with one attached hydrogen (secondary N) is 1. The maximum Gasteiger partial charge on any atom is 0.321 e. The predicted molar refractivity (Wildman–Crippen MR) is 68.8 cm³/mol. The average molecular weight is 287 g/mol. The lowest BCUT2D eigenvalue weighted by atomic mass is 9.84. The Morgan fingerprint density at radius 2 is 1.60 bits per heavy atom. The molecule has 2 N–H and O–H groups in total. The van der Waals surface area contributed by atoms with Crippen molar-refractivity contribution in [2.75, 3.05) is 14.2 Å². The zero-order valence-corrected chi connectivity index (χ0v) is 12.1. The molecule has 1 saturated heterocycles. The van der Waals surface area contributed by atoms with Crippen molar-refractivity contribution in [3.63, 3.8) is 0 Å². The molecule has 0 aliphatic carbocycles. The summed E-state index contributed by atoms with van der Waals surface area (Å²) in [6.45, 7) is 3.91. The van der Waals surface area contributed by atoms with Gasteiger partial charge in [-0.3, -0.25) is 19.7 Å². The lowest BCUT2D eigenvalue weighted by molar-refractivity contribution is -0.159. The fourth-order valence-electron chi connectivity index (χ4n) is 2.71. The van der Waals surface area contributed by atoms with Crippen LogP contribution in [-0.4, -0.2) is 49.3 Å². The van der Waals surface area contributed by atoms with Gasteiger partial charge >= 0.3 is 17.9 Å². The van der Waals surface area contributed by atoms with Crippen LogP contribution in [0.4, 0.5) is 0 Å². The highest BCUT2D eigenvalue weighted by molar-refractivity contribution is 5.90. The van der Waals surface area contributed by atoms with E-state index >= 15 is 0 Å². The highest BCUT2D eigenvalue weighted by Gasteiger charge is 2.54. The van der Waals surface area contributed by atoms with E-state index in [0.717, 1.165) is 0 Å². The molecule has 0 amide bonds. The van der Waals surface area contributed by atoms with Crippen LogP contribution in [0.25, 0.3) is 0 Å². The van der Waals surface area contributed by atoms with E-state index < -0.39 is 41.8 Å². The van der Waals surface area contributed by atoms with Crippen molar-refractivity contribution in [1.29, 1.82) is 0 Å². The zero-order valence-electron chi connectivity index (χ0n) is 12.1. The van der Waals surface area contributed by atoms with E-state index in [1.165, 1.54) is 14.2 Å². The SMILES string of the molecule is COC(=O)[C@H]1[C@@H](C(=O)O)NC(CC(C)C)[C@H]1C(=O)OC. The van der Waals surface area contributed by atoms with Crippen molar-refractivity contribution in [2.24, 2.45) is 17.8 Å². The molecular formula is C13H21NO6. The number of carbonyl (C=O) groups is 3. The summed E-state index contributed by atoms with van der Waals surface area (Å²) in [5.41, 5.74) is 0. The van der Waals surface area contributed by atoms with E-state index in [-0.39, 0.29) is 5.92 Å². The van der Waals surface area contributed by atoms with Gasteiger partial charge in [0.25, 0.3) is 0 Å². The van der Waals surface area contributed by atoms with Gasteiger partial charge in [-0.05, 0) is 12.3 Å². The lowest BCUT2D eigenvalue weighted by Gasteiger charge is -2.21. The smallest absolute Gasteiger partial charge is 0.321 e. The number of ether oxygens (including phenoxy) is 2. The summed E-state index contributed by atoms with van der Waals surface area (Å²) in [6, 6.07) is -1.57. The molecule has 0 aromatic carbocycles. The Kier molecular flexibility index (Phi) is 5.50. The fourth-order valence-corrected chi connectivity index (χ4v) is 2.71. The summed E-state index contributed by atoms with van der Waals surface area (Å²) in [5, 5.41) is 12.1. The third-order valence-corrected chi connectivity index (χ3v) is 3.51. The molecule has 0 bridgehead atoms. The molecule has 1 aliphatic rings. The van der Waals surface area contributed by atoms with Crippen molar-refractivity contribution in [3.8, 4) is 0 Å². The van der Waals surface area contributed by atoms with Gasteiger partial charge in [-0.2, -0.15) is 0 Å². The normalized spacial score (nSPS) is 29.2. The molecule has 0 aromatic heterocycles. The summed E-state index contributed by atoms with van der Waals surface area (Å²) < 4.78 is 9.36. The van der Waals surface area contributed by atoms with E-state index in [1.54, 1.807) is 0 Å². The third kappa shape index (κ3) is 3.27. The maximum absolute atomic E-state index is 11.9. The Bertz CT molecular complexity index is 394. The number of carboxylic acid groups (broad SMARTS) is 1. The number of hydrogen-bond acceptors (Lipinski definition) is 6. The first-order valence-corrected chi connectivity index (χ1v) is 6.48. The monoisotopic (exact) mass is 287 g/mol. The second-order valence-corrected chi connectivity index (χ2v) is 5.32. The lowest BCUT2D eigenvalue weighted by Crippen LogP contribution is -2.41. The van der Waals surface area contributed by atoms with Crippen LogP contribution in [0, 0.1) is 17.8 Å². The van der Waals surface area contributed by atoms with Crippen LogP contribution < -0.4 is 5.32 Å². The largest absolute Gasteiger partial charge is 0.480 e. The third-order valence-electron chi connectivity index (χ3n) is 3.51. The second-order valence-electron chi connectivity index (χ2n) is 5.32. The van der Waals surface area contributed by atoms with Crippen molar-refractivity contribution in [3.05, 3.63) is 0 Å². The first kappa shape index (κ1) is 16.4. The van der Waals surface area contributed by atoms with E-state index in [1.807, 2.05) is 13.8 Å². The van der Waals surface area contributed by atoms with Gasteiger partial charge in [0.1, 0.15) is 6.04 Å². The molecule has 1 aliphatic heterocycles. The van der Waals surface area contributed by atoms with Crippen LogP contribution in [0.15, 0.2) is 0 Å². The molecule has 1 rings (SSSR count). The summed E-state index contributed by atoms with van der Waals surface area (Å²) in [7, 11) is 2.39. The summed E-state index contributed by atoms with van der Waals surface area (Å²) >= 11 is 0. The molecule has 0 saturated carbocycles. The Balaban J connectivity index is 3.13. The minimum absolute atomic E-state index is 0.241. The van der Waals surface area contributed by atoms with Gasteiger partial charge in [-0.15, -0.1) is 0 Å². The number of esters is 2. The van der Waals surface area contributed by atoms with Crippen LogP contribution in [0.5, 0.6) is 0 Å². The Morgan fingerprint density at radius 1 is 1.10 bits per heavy atom. The highest BCUT2D eigenvalue weighted by Crippen LogP contribution is 2.33. The van der Waals surface area contributed by atoms with Gasteiger partial charge in [0.05, 0.1) is 26.1 Å². The number of carbonyl (C=O) groups excluding carboxylic acids is 2. The first-order chi connectivity index (χ1) is 9.33. The molecule has 114 valence electrons.